The molecule has 1 aliphatic carbocycles. The molecule has 0 spiro atoms. The number of carbonyl (C=O) groups excluding carboxylic acids is 1. The fraction of sp³-hybridized carbons (Fsp3) is 0.769. The molecule has 1 saturated carbocycles. The fourth-order valence-electron chi connectivity index (χ4n) is 3.06. The molecule has 6 heteroatoms. The van der Waals surface area contributed by atoms with E-state index in [9.17, 15) is 4.79 Å². The molecule has 6 nitrogen and oxygen atoms in total. The van der Waals surface area contributed by atoms with Crippen molar-refractivity contribution in [2.45, 2.75) is 50.2 Å². The van der Waals surface area contributed by atoms with Crippen molar-refractivity contribution in [1.82, 2.24) is 21.7 Å². The minimum Gasteiger partial charge on any atom is -0.501 e. The highest BCUT2D eigenvalue weighted by Crippen LogP contribution is 2.20. The minimum atomic E-state index is -0.244. The second kappa shape index (κ2) is 5.90. The van der Waals surface area contributed by atoms with Gasteiger partial charge in [0.15, 0.2) is 0 Å². The lowest BCUT2D eigenvalue weighted by Gasteiger charge is -2.26. The summed E-state index contributed by atoms with van der Waals surface area (Å²) < 4.78 is 5.30. The average Bonchev–Trinajstić information content (AvgIpc) is 2.90. The van der Waals surface area contributed by atoms with Gasteiger partial charge in [0.05, 0.1) is 18.9 Å². The summed E-state index contributed by atoms with van der Waals surface area (Å²) in [6, 6.07) is 0.357. The van der Waals surface area contributed by atoms with Gasteiger partial charge in [-0.2, -0.15) is 0 Å². The van der Waals surface area contributed by atoms with E-state index >= 15 is 0 Å². The topological polar surface area (TPSA) is 74.4 Å². The molecule has 106 valence electrons. The van der Waals surface area contributed by atoms with Gasteiger partial charge in [-0.05, 0) is 18.9 Å². The molecule has 4 N–H and O–H groups in total. The van der Waals surface area contributed by atoms with Crippen LogP contribution in [0.25, 0.3) is 0 Å². The van der Waals surface area contributed by atoms with Crippen LogP contribution < -0.4 is 21.7 Å². The summed E-state index contributed by atoms with van der Waals surface area (Å²) in [6.07, 6.45) is 9.75. The van der Waals surface area contributed by atoms with E-state index in [1.54, 1.807) is 6.26 Å². The smallest absolute Gasteiger partial charge is 0.253 e. The second-order valence-electron chi connectivity index (χ2n) is 5.59. The predicted molar refractivity (Wildman–Crippen MR) is 70.6 cm³/mol. The molecule has 0 radical (unpaired) electrons. The maximum absolute atomic E-state index is 12.2. The van der Waals surface area contributed by atoms with E-state index in [0.717, 1.165) is 12.8 Å². The number of ether oxygens (including phenoxy) is 1. The third kappa shape index (κ3) is 2.91. The fourth-order valence-corrected chi connectivity index (χ4v) is 3.06. The number of hydrogen-bond acceptors (Lipinski definition) is 5. The van der Waals surface area contributed by atoms with Gasteiger partial charge >= 0.3 is 0 Å². The van der Waals surface area contributed by atoms with Gasteiger partial charge in [0.25, 0.3) is 5.91 Å². The van der Waals surface area contributed by atoms with Crippen molar-refractivity contribution in [2.24, 2.45) is 5.92 Å². The van der Waals surface area contributed by atoms with Crippen molar-refractivity contribution in [2.75, 3.05) is 6.61 Å². The highest BCUT2D eigenvalue weighted by atomic mass is 16.5. The summed E-state index contributed by atoms with van der Waals surface area (Å²) in [5, 5.41) is 0. The summed E-state index contributed by atoms with van der Waals surface area (Å²) in [5.41, 5.74) is 12.2. The highest BCUT2D eigenvalue weighted by Gasteiger charge is 2.40. The quantitative estimate of drug-likeness (QED) is 0.539. The Hall–Kier alpha value is -1.11. The predicted octanol–water partition coefficient (Wildman–Crippen LogP) is -0.0550. The molecule has 3 aliphatic rings. The monoisotopic (exact) mass is 266 g/mol. The van der Waals surface area contributed by atoms with Gasteiger partial charge in [-0.25, -0.2) is 16.3 Å². The summed E-state index contributed by atoms with van der Waals surface area (Å²) in [5.74, 6) is 0.141. The highest BCUT2D eigenvalue weighted by molar-refractivity contribution is 5.82. The molecule has 0 bridgehead atoms. The van der Waals surface area contributed by atoms with E-state index in [4.69, 9.17) is 4.74 Å². The van der Waals surface area contributed by atoms with Gasteiger partial charge in [-0.1, -0.05) is 19.3 Å². The van der Waals surface area contributed by atoms with Gasteiger partial charge in [0.1, 0.15) is 6.04 Å². The first-order valence-corrected chi connectivity index (χ1v) is 7.19. The van der Waals surface area contributed by atoms with Crippen molar-refractivity contribution in [3.63, 3.8) is 0 Å². The van der Waals surface area contributed by atoms with Gasteiger partial charge in [0, 0.05) is 12.0 Å². The SMILES string of the molecule is O=C(NNC1CCCCC1)C1NNC2C=COCC21. The van der Waals surface area contributed by atoms with Crippen LogP contribution in [-0.4, -0.2) is 30.6 Å². The van der Waals surface area contributed by atoms with Crippen LogP contribution in [0.3, 0.4) is 0 Å². The molecule has 1 saturated heterocycles. The van der Waals surface area contributed by atoms with Gasteiger partial charge in [-0.15, -0.1) is 0 Å². The number of nitrogens with one attached hydrogen (secondary N) is 4. The Labute approximate surface area is 113 Å². The maximum Gasteiger partial charge on any atom is 0.253 e. The van der Waals surface area contributed by atoms with Crippen molar-refractivity contribution in [1.29, 1.82) is 0 Å². The van der Waals surface area contributed by atoms with Gasteiger partial charge in [-0.3, -0.25) is 10.2 Å². The van der Waals surface area contributed by atoms with E-state index in [1.807, 2.05) is 6.08 Å². The first kappa shape index (κ1) is 12.9. The second-order valence-corrected chi connectivity index (χ2v) is 5.59. The summed E-state index contributed by atoms with van der Waals surface area (Å²) in [7, 11) is 0. The zero-order chi connectivity index (χ0) is 13.1. The molecule has 2 heterocycles. The van der Waals surface area contributed by atoms with E-state index in [-0.39, 0.29) is 23.9 Å². The van der Waals surface area contributed by atoms with Crippen molar-refractivity contribution in [3.8, 4) is 0 Å². The molecule has 3 atom stereocenters. The Morgan fingerprint density at radius 3 is 2.89 bits per heavy atom. The van der Waals surface area contributed by atoms with Crippen LogP contribution in [0.2, 0.25) is 0 Å². The molecule has 0 aromatic rings. The molecule has 2 fully saturated rings. The van der Waals surface area contributed by atoms with Crippen LogP contribution >= 0.6 is 0 Å². The molecular weight excluding hydrogens is 244 g/mol. The zero-order valence-corrected chi connectivity index (χ0v) is 11.0. The molecule has 0 aromatic carbocycles. The van der Waals surface area contributed by atoms with Crippen LogP contribution in [0.1, 0.15) is 32.1 Å². The van der Waals surface area contributed by atoms with Gasteiger partial charge < -0.3 is 4.74 Å². The largest absolute Gasteiger partial charge is 0.501 e. The lowest BCUT2D eigenvalue weighted by molar-refractivity contribution is -0.125. The van der Waals surface area contributed by atoms with E-state index < -0.39 is 0 Å². The number of hydrazine groups is 2. The number of fused-ring (bicyclic) bond motifs is 1. The molecule has 3 unspecified atom stereocenters. The van der Waals surface area contributed by atoms with Crippen LogP contribution in [0.5, 0.6) is 0 Å². The van der Waals surface area contributed by atoms with Crippen LogP contribution in [0.15, 0.2) is 12.3 Å². The average molecular weight is 266 g/mol. The number of amides is 1. The van der Waals surface area contributed by atoms with Crippen LogP contribution in [0.4, 0.5) is 0 Å². The third-order valence-electron chi connectivity index (χ3n) is 4.25. The molecule has 1 amide bonds. The number of carbonyl (C=O) groups is 1. The van der Waals surface area contributed by atoms with Crippen molar-refractivity contribution < 1.29 is 9.53 Å². The summed E-state index contributed by atoms with van der Waals surface area (Å²) in [6.45, 7) is 0.572. The molecule has 0 aromatic heterocycles. The normalized spacial score (nSPS) is 34.6. The van der Waals surface area contributed by atoms with Crippen molar-refractivity contribution in [3.05, 3.63) is 12.3 Å². The summed E-state index contributed by atoms with van der Waals surface area (Å²) >= 11 is 0. The van der Waals surface area contributed by atoms with Crippen LogP contribution in [0, 0.1) is 5.92 Å². The molecule has 3 rings (SSSR count). The lowest BCUT2D eigenvalue weighted by Crippen LogP contribution is -2.53. The number of rotatable bonds is 3. The van der Waals surface area contributed by atoms with E-state index in [1.165, 1.54) is 19.3 Å². The first-order valence-electron chi connectivity index (χ1n) is 7.19. The Balaban J connectivity index is 1.48. The van der Waals surface area contributed by atoms with Crippen LogP contribution in [-0.2, 0) is 9.53 Å². The first-order chi connectivity index (χ1) is 9.34. The van der Waals surface area contributed by atoms with Gasteiger partial charge in [0.2, 0.25) is 0 Å². The van der Waals surface area contributed by atoms with E-state index in [0.29, 0.717) is 12.6 Å². The maximum atomic E-state index is 12.2. The standard InChI is InChI=1S/C13H22N4O2/c18-13(17-14-9-4-2-1-3-5-9)12-10-8-19-7-6-11(10)15-16-12/h6-7,9-12,14-16H,1-5,8H2,(H,17,18). The Morgan fingerprint density at radius 1 is 1.21 bits per heavy atom. The molecule has 19 heavy (non-hydrogen) atoms. The molecular formula is C13H22N4O2. The zero-order valence-electron chi connectivity index (χ0n) is 11.0. The summed E-state index contributed by atoms with van der Waals surface area (Å²) in [4.78, 5) is 12.2. The molecule has 2 aliphatic heterocycles. The van der Waals surface area contributed by atoms with Crippen molar-refractivity contribution >= 4 is 5.91 Å². The minimum absolute atomic E-state index is 0.00975. The number of hydrogen-bond donors (Lipinski definition) is 4. The Bertz CT molecular complexity index is 355. The van der Waals surface area contributed by atoms with E-state index in [2.05, 4.69) is 21.7 Å². The third-order valence-corrected chi connectivity index (χ3v) is 4.25. The Kier molecular flexibility index (Phi) is 4.00. The Morgan fingerprint density at radius 2 is 2.05 bits per heavy atom. The lowest BCUT2D eigenvalue weighted by atomic mass is 9.93.